The molecule has 6 nitrogen and oxygen atoms in total. The summed E-state index contributed by atoms with van der Waals surface area (Å²) in [7, 11) is 0. The van der Waals surface area contributed by atoms with Crippen molar-refractivity contribution in [1.82, 2.24) is 4.98 Å². The lowest BCUT2D eigenvalue weighted by atomic mass is 9.88. The first-order valence-electron chi connectivity index (χ1n) is 10.1. The Morgan fingerprint density at radius 2 is 1.81 bits per heavy atom. The molecule has 1 aliphatic rings. The van der Waals surface area contributed by atoms with Gasteiger partial charge in [0.1, 0.15) is 6.10 Å². The predicted molar refractivity (Wildman–Crippen MR) is 124 cm³/mol. The fraction of sp³-hybridized carbons (Fsp3) is 0.261. The molecule has 1 heterocycles. The van der Waals surface area contributed by atoms with Gasteiger partial charge in [0, 0.05) is 28.5 Å². The summed E-state index contributed by atoms with van der Waals surface area (Å²) < 4.78 is 5.08. The normalized spacial score (nSPS) is 18.2. The van der Waals surface area contributed by atoms with E-state index in [0.29, 0.717) is 28.8 Å². The highest BCUT2D eigenvalue weighted by molar-refractivity contribution is 7.15. The lowest BCUT2D eigenvalue weighted by Crippen LogP contribution is -2.20. The van der Waals surface area contributed by atoms with Crippen LogP contribution < -0.4 is 10.6 Å². The Hall–Kier alpha value is -2.90. The van der Waals surface area contributed by atoms with Crippen LogP contribution in [0.15, 0.2) is 54.7 Å². The Morgan fingerprint density at radius 3 is 2.52 bits per heavy atom. The summed E-state index contributed by atoms with van der Waals surface area (Å²) in [5.41, 5.74) is 2.38. The van der Waals surface area contributed by atoms with E-state index in [4.69, 9.17) is 16.3 Å². The first-order valence-corrected chi connectivity index (χ1v) is 11.3. The van der Waals surface area contributed by atoms with Crippen LogP contribution in [0.1, 0.15) is 36.6 Å². The lowest BCUT2D eigenvalue weighted by molar-refractivity contribution is -0.135. The quantitative estimate of drug-likeness (QED) is 0.427. The molecule has 1 aromatic heterocycles. The van der Waals surface area contributed by atoms with Gasteiger partial charge in [-0.1, -0.05) is 29.8 Å². The van der Waals surface area contributed by atoms with Crippen molar-refractivity contribution in [3.8, 4) is 10.4 Å². The minimum Gasteiger partial charge on any atom is -0.465 e. The molecule has 0 spiro atoms. The Labute approximate surface area is 189 Å². The molecule has 0 radical (unpaired) electrons. The van der Waals surface area contributed by atoms with Gasteiger partial charge in [-0.15, -0.1) is 11.3 Å². The second kappa shape index (κ2) is 9.94. The van der Waals surface area contributed by atoms with Crippen LogP contribution >= 0.6 is 22.9 Å². The van der Waals surface area contributed by atoms with Crippen LogP contribution in [0.25, 0.3) is 10.4 Å². The summed E-state index contributed by atoms with van der Waals surface area (Å²) in [6.45, 7) is 0.548. The maximum Gasteiger partial charge on any atom is 0.323 e. The van der Waals surface area contributed by atoms with Crippen LogP contribution in [0.5, 0.6) is 0 Å². The van der Waals surface area contributed by atoms with Crippen LogP contribution in [0.3, 0.4) is 0 Å². The molecule has 2 amide bonds. The average molecular weight is 456 g/mol. The SMILES string of the molecule is O=COC1CCC(c2ncc(-c3ccc(NC(=O)Nc4cccc(Cl)c4)cc3)s2)CC1. The zero-order chi connectivity index (χ0) is 21.6. The van der Waals surface area contributed by atoms with Gasteiger partial charge in [-0.3, -0.25) is 4.79 Å². The number of benzene rings is 2. The van der Waals surface area contributed by atoms with E-state index in [1.54, 1.807) is 35.6 Å². The van der Waals surface area contributed by atoms with Crippen LogP contribution in [0, 0.1) is 0 Å². The molecule has 0 saturated heterocycles. The Balaban J connectivity index is 1.34. The van der Waals surface area contributed by atoms with Crippen LogP contribution in [-0.4, -0.2) is 23.6 Å². The molecule has 0 atom stereocenters. The highest BCUT2D eigenvalue weighted by Crippen LogP contribution is 2.38. The second-order valence-electron chi connectivity index (χ2n) is 7.44. The maximum atomic E-state index is 12.2. The number of urea groups is 1. The van der Waals surface area contributed by atoms with Gasteiger partial charge in [-0.25, -0.2) is 9.78 Å². The minimum atomic E-state index is -0.329. The van der Waals surface area contributed by atoms with Gasteiger partial charge >= 0.3 is 6.03 Å². The molecule has 1 fully saturated rings. The Morgan fingerprint density at radius 1 is 1.06 bits per heavy atom. The second-order valence-corrected chi connectivity index (χ2v) is 8.93. The van der Waals surface area contributed by atoms with Crippen molar-refractivity contribution in [3.63, 3.8) is 0 Å². The number of carbonyl (C=O) groups is 2. The van der Waals surface area contributed by atoms with E-state index < -0.39 is 0 Å². The van der Waals surface area contributed by atoms with E-state index in [1.165, 1.54) is 0 Å². The first-order chi connectivity index (χ1) is 15.1. The third-order valence-corrected chi connectivity index (χ3v) is 6.75. The smallest absolute Gasteiger partial charge is 0.323 e. The van der Waals surface area contributed by atoms with Crippen molar-refractivity contribution in [2.24, 2.45) is 0 Å². The molecule has 4 rings (SSSR count). The van der Waals surface area contributed by atoms with Gasteiger partial charge < -0.3 is 15.4 Å². The van der Waals surface area contributed by atoms with Crippen LogP contribution in [-0.2, 0) is 9.53 Å². The Kier molecular flexibility index (Phi) is 6.84. The Bertz CT molecular complexity index is 1050. The summed E-state index contributed by atoms with van der Waals surface area (Å²) in [6, 6.07) is 14.3. The molecule has 1 saturated carbocycles. The number of carbonyl (C=O) groups excluding carboxylic acids is 2. The highest BCUT2D eigenvalue weighted by Gasteiger charge is 2.25. The highest BCUT2D eigenvalue weighted by atomic mass is 35.5. The minimum absolute atomic E-state index is 0.0457. The summed E-state index contributed by atoms with van der Waals surface area (Å²) >= 11 is 7.64. The van der Waals surface area contributed by atoms with Crippen molar-refractivity contribution in [2.45, 2.75) is 37.7 Å². The van der Waals surface area contributed by atoms with Gasteiger partial charge in [-0.2, -0.15) is 0 Å². The van der Waals surface area contributed by atoms with E-state index in [0.717, 1.165) is 41.1 Å². The van der Waals surface area contributed by atoms with Crippen molar-refractivity contribution >= 4 is 46.8 Å². The summed E-state index contributed by atoms with van der Waals surface area (Å²) in [4.78, 5) is 28.4. The topological polar surface area (TPSA) is 80.3 Å². The fourth-order valence-electron chi connectivity index (χ4n) is 3.71. The largest absolute Gasteiger partial charge is 0.465 e. The van der Waals surface area contributed by atoms with E-state index >= 15 is 0 Å². The van der Waals surface area contributed by atoms with Crippen molar-refractivity contribution in [1.29, 1.82) is 0 Å². The number of ether oxygens (including phenoxy) is 1. The standard InChI is InChI=1S/C23H22ClN3O3S/c24-17-2-1-3-19(12-17)27-23(29)26-18-8-4-15(5-9-18)21-13-25-22(31-21)16-6-10-20(11-7-16)30-14-28/h1-5,8-9,12-14,16,20H,6-7,10-11H2,(H2,26,27,29). The summed E-state index contributed by atoms with van der Waals surface area (Å²) in [5.74, 6) is 0.418. The zero-order valence-electron chi connectivity index (χ0n) is 16.7. The van der Waals surface area contributed by atoms with E-state index in [2.05, 4.69) is 15.6 Å². The number of halogens is 1. The third-order valence-electron chi connectivity index (χ3n) is 5.30. The predicted octanol–water partition coefficient (Wildman–Crippen LogP) is 6.31. The third kappa shape index (κ3) is 5.62. The summed E-state index contributed by atoms with van der Waals surface area (Å²) in [6.07, 6.45) is 5.68. The van der Waals surface area contributed by atoms with Crippen LogP contribution in [0.2, 0.25) is 5.02 Å². The molecule has 2 aromatic carbocycles. The molecule has 0 aliphatic heterocycles. The number of rotatable bonds is 6. The molecule has 31 heavy (non-hydrogen) atoms. The van der Waals surface area contributed by atoms with Crippen LogP contribution in [0.4, 0.5) is 16.2 Å². The molecular weight excluding hydrogens is 434 g/mol. The average Bonchev–Trinajstić information content (AvgIpc) is 3.25. The number of aromatic nitrogens is 1. The van der Waals surface area contributed by atoms with Crippen molar-refractivity contribution in [3.05, 3.63) is 64.8 Å². The zero-order valence-corrected chi connectivity index (χ0v) is 18.3. The molecular formula is C23H22ClN3O3S. The number of amides is 2. The first kappa shape index (κ1) is 21.3. The number of anilines is 2. The van der Waals surface area contributed by atoms with Crippen molar-refractivity contribution < 1.29 is 14.3 Å². The van der Waals surface area contributed by atoms with E-state index in [9.17, 15) is 9.59 Å². The van der Waals surface area contributed by atoms with Gasteiger partial charge in [-0.05, 0) is 61.6 Å². The molecule has 160 valence electrons. The number of hydrogen-bond donors (Lipinski definition) is 2. The molecule has 0 unspecified atom stereocenters. The van der Waals surface area contributed by atoms with Gasteiger partial charge in [0.25, 0.3) is 6.47 Å². The molecule has 0 bridgehead atoms. The molecule has 1 aliphatic carbocycles. The number of thiazole rings is 1. The fourth-order valence-corrected chi connectivity index (χ4v) is 4.99. The molecule has 3 aromatic rings. The molecule has 8 heteroatoms. The van der Waals surface area contributed by atoms with Crippen molar-refractivity contribution in [2.75, 3.05) is 10.6 Å². The monoisotopic (exact) mass is 455 g/mol. The van der Waals surface area contributed by atoms with E-state index in [1.807, 2.05) is 30.5 Å². The number of nitrogens with one attached hydrogen (secondary N) is 2. The van der Waals surface area contributed by atoms with Gasteiger partial charge in [0.2, 0.25) is 0 Å². The number of nitrogens with zero attached hydrogens (tertiary/aromatic N) is 1. The lowest BCUT2D eigenvalue weighted by Gasteiger charge is -2.25. The number of hydrogen-bond acceptors (Lipinski definition) is 5. The van der Waals surface area contributed by atoms with E-state index in [-0.39, 0.29) is 12.1 Å². The van der Waals surface area contributed by atoms with Gasteiger partial charge in [0.15, 0.2) is 0 Å². The summed E-state index contributed by atoms with van der Waals surface area (Å²) in [5, 5.41) is 7.27. The molecule has 2 N–H and O–H groups in total. The van der Waals surface area contributed by atoms with Gasteiger partial charge in [0.05, 0.1) is 9.88 Å². The maximum absolute atomic E-state index is 12.2.